The second-order valence-corrected chi connectivity index (χ2v) is 1.30. The third-order valence-corrected chi connectivity index (χ3v) is 0.637. The largest absolute Gasteiger partial charge is 0.545 e. The minimum Gasteiger partial charge on any atom is -0.545 e. The van der Waals surface area contributed by atoms with Crippen molar-refractivity contribution in [3.8, 4) is 0 Å². The Morgan fingerprint density at radius 3 is 2.56 bits per heavy atom. The highest BCUT2D eigenvalue weighted by molar-refractivity contribution is 5.83. The molecule has 0 spiro atoms. The molecule has 0 aromatic rings. The van der Waals surface area contributed by atoms with Crippen LogP contribution in [0.2, 0.25) is 0 Å². The van der Waals surface area contributed by atoms with E-state index in [2.05, 4.69) is 4.74 Å². The van der Waals surface area contributed by atoms with E-state index in [0.717, 1.165) is 6.42 Å². The maximum Gasteiger partial charge on any atom is 0.496 e. The van der Waals surface area contributed by atoms with Gasteiger partial charge in [0.05, 0.1) is 13.1 Å². The van der Waals surface area contributed by atoms with E-state index in [0.29, 0.717) is 0 Å². The van der Waals surface area contributed by atoms with Crippen molar-refractivity contribution in [3.63, 3.8) is 0 Å². The predicted octanol–water partition coefficient (Wildman–Crippen LogP) is -1.50. The van der Waals surface area contributed by atoms with Gasteiger partial charge in [0.15, 0.2) is 0 Å². The first-order valence-corrected chi connectivity index (χ1v) is 2.28. The Balaban J connectivity index is 3.28. The molecule has 0 aliphatic rings. The Bertz CT molecular complexity index is 118. The van der Waals surface area contributed by atoms with Gasteiger partial charge in [-0.25, -0.2) is 0 Å². The summed E-state index contributed by atoms with van der Waals surface area (Å²) in [5.41, 5.74) is 0. The second-order valence-electron chi connectivity index (χ2n) is 1.30. The first kappa shape index (κ1) is 7.81. The molecule has 4 heteroatoms. The highest BCUT2D eigenvalue weighted by Gasteiger charge is 2.11. The summed E-state index contributed by atoms with van der Waals surface area (Å²) in [4.78, 5) is 19.8. The number of carbonyl (C=O) groups is 2. The van der Waals surface area contributed by atoms with Crippen molar-refractivity contribution in [2.45, 2.75) is 6.42 Å². The smallest absolute Gasteiger partial charge is 0.496 e. The Kier molecular flexibility index (Phi) is 3.27. The molecule has 0 fully saturated rings. The molecule has 0 bridgehead atoms. The number of hydrogen-bond donors (Lipinski definition) is 0. The zero-order valence-corrected chi connectivity index (χ0v) is 4.92. The van der Waals surface area contributed by atoms with Crippen LogP contribution in [0.1, 0.15) is 6.42 Å². The van der Waals surface area contributed by atoms with E-state index in [9.17, 15) is 14.7 Å². The van der Waals surface area contributed by atoms with Gasteiger partial charge in [-0.05, 0) is 0 Å². The molecule has 0 aromatic heterocycles. The minimum absolute atomic E-state index is 0.396. The van der Waals surface area contributed by atoms with E-state index < -0.39 is 18.4 Å². The average Bonchev–Trinajstić information content (AvgIpc) is 1.83. The lowest BCUT2D eigenvalue weighted by atomic mass is 10.3. The molecule has 0 rings (SSSR count). The summed E-state index contributed by atoms with van der Waals surface area (Å²) in [7, 11) is 1.17. The van der Waals surface area contributed by atoms with Crippen molar-refractivity contribution in [1.82, 2.24) is 0 Å². The molecule has 0 N–H and O–H groups in total. The summed E-state index contributed by atoms with van der Waals surface area (Å²) in [5, 5.41) is 9.67. The molecule has 4 nitrogen and oxygen atoms in total. The van der Waals surface area contributed by atoms with Crippen LogP contribution in [0.5, 0.6) is 0 Å². The molecular weight excluding hydrogens is 124 g/mol. The van der Waals surface area contributed by atoms with E-state index >= 15 is 0 Å². The molecule has 0 heterocycles. The van der Waals surface area contributed by atoms with Crippen molar-refractivity contribution < 1.29 is 19.4 Å². The molecule has 0 aliphatic heterocycles. The number of carboxylic acid groups (broad SMARTS) is 1. The number of hydrogen-bond acceptors (Lipinski definition) is 4. The number of ether oxygens (including phenoxy) is 1. The lowest BCUT2D eigenvalue weighted by molar-refractivity contribution is -0.304. The van der Waals surface area contributed by atoms with Crippen molar-refractivity contribution in [1.29, 1.82) is 0 Å². The van der Waals surface area contributed by atoms with Crippen LogP contribution in [0.15, 0.2) is 0 Å². The lowest BCUT2D eigenvalue weighted by Gasteiger charge is -1.89. The Hall–Kier alpha value is -1.19. The van der Waals surface area contributed by atoms with Crippen LogP contribution in [0.3, 0.4) is 0 Å². The average molecular weight is 130 g/mol. The summed E-state index contributed by atoms with van der Waals surface area (Å²) in [6.07, 6.45) is 0.502. The molecule has 0 aromatic carbocycles. The summed E-state index contributed by atoms with van der Waals surface area (Å²) in [6.45, 7) is 0. The monoisotopic (exact) mass is 130 g/mol. The van der Waals surface area contributed by atoms with Crippen LogP contribution < -0.4 is 5.11 Å². The number of esters is 1. The molecule has 0 aliphatic carbocycles. The maximum atomic E-state index is 10.1. The maximum absolute atomic E-state index is 10.1. The molecule has 0 unspecified atom stereocenters. The minimum atomic E-state index is -1.29. The van der Waals surface area contributed by atoms with Gasteiger partial charge in [0.2, 0.25) is 6.42 Å². The number of carbonyl (C=O) groups excluding carboxylic acids is 2. The molecular formula is C5H6O4. The summed E-state index contributed by atoms with van der Waals surface area (Å²) >= 11 is 0. The van der Waals surface area contributed by atoms with E-state index in [1.807, 2.05) is 0 Å². The quantitative estimate of drug-likeness (QED) is 0.344. The fourth-order valence-electron chi connectivity index (χ4n) is 0.250. The topological polar surface area (TPSA) is 66.4 Å². The first-order chi connectivity index (χ1) is 4.16. The number of methoxy groups -OCH3 is 1. The van der Waals surface area contributed by atoms with Gasteiger partial charge in [0.1, 0.15) is 6.42 Å². The van der Waals surface area contributed by atoms with Gasteiger partial charge in [-0.1, -0.05) is 0 Å². The molecule has 0 saturated heterocycles. The van der Waals surface area contributed by atoms with E-state index in [1.54, 1.807) is 0 Å². The second kappa shape index (κ2) is 3.77. The number of rotatable bonds is 3. The molecule has 0 atom stereocenters. The first-order valence-electron chi connectivity index (χ1n) is 2.28. The molecule has 0 radical (unpaired) electrons. The van der Waals surface area contributed by atoms with Crippen molar-refractivity contribution in [2.24, 2.45) is 0 Å². The summed E-state index contributed by atoms with van der Waals surface area (Å²) in [5.74, 6) is -1.94. The summed E-state index contributed by atoms with van der Waals surface area (Å²) < 4.78 is 4.12. The van der Waals surface area contributed by atoms with E-state index in [4.69, 9.17) is 0 Å². The predicted molar refractivity (Wildman–Crippen MR) is 25.9 cm³/mol. The Morgan fingerprint density at radius 1 is 1.67 bits per heavy atom. The van der Waals surface area contributed by atoms with Gasteiger partial charge in [-0.15, -0.1) is 0 Å². The molecule has 0 amide bonds. The fourth-order valence-corrected chi connectivity index (χ4v) is 0.250. The Labute approximate surface area is 52.4 Å². The summed E-state index contributed by atoms with van der Waals surface area (Å²) in [6, 6.07) is 0. The highest BCUT2D eigenvalue weighted by atomic mass is 16.5. The number of carboxylic acids is 1. The Morgan fingerprint density at radius 2 is 2.22 bits per heavy atom. The van der Waals surface area contributed by atoms with Crippen LogP contribution >= 0.6 is 0 Å². The highest BCUT2D eigenvalue weighted by Crippen LogP contribution is 1.86. The van der Waals surface area contributed by atoms with Crippen LogP contribution in [-0.4, -0.2) is 19.0 Å². The van der Waals surface area contributed by atoms with Crippen LogP contribution in [0.25, 0.3) is 0 Å². The standard InChI is InChI=1S/C5H6O4/c1-9-5(8)3-2-4(6)7/h3H,2H2,1H3. The van der Waals surface area contributed by atoms with Gasteiger partial charge in [0.25, 0.3) is 0 Å². The van der Waals surface area contributed by atoms with Crippen LogP contribution in [-0.2, 0) is 14.3 Å². The third-order valence-electron chi connectivity index (χ3n) is 0.637. The van der Waals surface area contributed by atoms with Gasteiger partial charge in [-0.3, -0.25) is 0 Å². The third kappa shape index (κ3) is 4.67. The van der Waals surface area contributed by atoms with E-state index in [1.165, 1.54) is 7.11 Å². The lowest BCUT2D eigenvalue weighted by Crippen LogP contribution is -2.23. The zero-order valence-electron chi connectivity index (χ0n) is 4.92. The molecule has 50 valence electrons. The van der Waals surface area contributed by atoms with Gasteiger partial charge >= 0.3 is 5.97 Å². The fraction of sp³-hybridized carbons (Fsp3) is 0.400. The van der Waals surface area contributed by atoms with Crippen LogP contribution in [0.4, 0.5) is 0 Å². The van der Waals surface area contributed by atoms with Crippen LogP contribution in [0, 0.1) is 6.42 Å². The normalized spacial score (nSPS) is 8.11. The van der Waals surface area contributed by atoms with Crippen molar-refractivity contribution in [3.05, 3.63) is 6.42 Å². The zero-order chi connectivity index (χ0) is 7.28. The number of aliphatic carboxylic acids is 1. The van der Waals surface area contributed by atoms with Gasteiger partial charge in [-0.2, -0.15) is 4.79 Å². The van der Waals surface area contributed by atoms with Gasteiger partial charge < -0.3 is 14.6 Å². The molecule has 0 saturated carbocycles. The van der Waals surface area contributed by atoms with Gasteiger partial charge in [0, 0.05) is 0 Å². The van der Waals surface area contributed by atoms with Crippen molar-refractivity contribution in [2.75, 3.05) is 7.11 Å². The van der Waals surface area contributed by atoms with E-state index in [-0.39, 0.29) is 0 Å². The SMILES string of the molecule is COC(=O)[CH+]CC(=O)[O-]. The molecule has 9 heavy (non-hydrogen) atoms. The van der Waals surface area contributed by atoms with Crippen molar-refractivity contribution >= 4 is 11.9 Å².